The third-order valence-electron chi connectivity index (χ3n) is 4.49. The Bertz CT molecular complexity index is 377. The van der Waals surface area contributed by atoms with Crippen molar-refractivity contribution in [1.29, 1.82) is 0 Å². The maximum Gasteiger partial charge on any atom is 0.153 e. The van der Waals surface area contributed by atoms with Crippen LogP contribution >= 0.6 is 15.9 Å². The van der Waals surface area contributed by atoms with E-state index in [-0.39, 0.29) is 0 Å². The predicted molar refractivity (Wildman–Crippen MR) is 80.9 cm³/mol. The average Bonchev–Trinajstić information content (AvgIpc) is 2.74. The molecule has 0 bridgehead atoms. The zero-order chi connectivity index (χ0) is 13.8. The van der Waals surface area contributed by atoms with Gasteiger partial charge in [0, 0.05) is 7.05 Å². The van der Waals surface area contributed by atoms with Crippen molar-refractivity contribution in [2.45, 2.75) is 51.5 Å². The van der Waals surface area contributed by atoms with Gasteiger partial charge in [-0.05, 0) is 47.7 Å². The van der Waals surface area contributed by atoms with Crippen LogP contribution in [0.5, 0.6) is 0 Å². The molecule has 1 atom stereocenters. The second kappa shape index (κ2) is 6.84. The molecule has 1 aliphatic rings. The lowest BCUT2D eigenvalue weighted by molar-refractivity contribution is 0.214. The fourth-order valence-corrected chi connectivity index (χ4v) is 4.06. The SMILES string of the molecule is CCCC1CCC(C(NC)c2c(Br)nnn2C)CC1. The summed E-state index contributed by atoms with van der Waals surface area (Å²) in [6, 6.07) is 0.358. The summed E-state index contributed by atoms with van der Waals surface area (Å²) in [6.07, 6.45) is 8.09. The van der Waals surface area contributed by atoms with Gasteiger partial charge in [0.25, 0.3) is 0 Å². The molecule has 1 fully saturated rings. The van der Waals surface area contributed by atoms with E-state index in [4.69, 9.17) is 0 Å². The Kier molecular flexibility index (Phi) is 5.39. The molecule has 19 heavy (non-hydrogen) atoms. The molecule has 1 aromatic rings. The molecule has 1 aliphatic carbocycles. The number of hydrogen-bond acceptors (Lipinski definition) is 3. The molecule has 1 heterocycles. The zero-order valence-corrected chi connectivity index (χ0v) is 13.8. The van der Waals surface area contributed by atoms with E-state index in [1.807, 2.05) is 18.8 Å². The van der Waals surface area contributed by atoms with Crippen LogP contribution in [0.3, 0.4) is 0 Å². The summed E-state index contributed by atoms with van der Waals surface area (Å²) >= 11 is 3.53. The van der Waals surface area contributed by atoms with Crippen molar-refractivity contribution in [3.05, 3.63) is 10.3 Å². The second-order valence-corrected chi connectivity index (χ2v) is 6.48. The Morgan fingerprint density at radius 1 is 1.37 bits per heavy atom. The highest BCUT2D eigenvalue weighted by Gasteiger charge is 2.30. The van der Waals surface area contributed by atoms with Gasteiger partial charge in [0.05, 0.1) is 11.7 Å². The lowest BCUT2D eigenvalue weighted by Crippen LogP contribution is -2.30. The Labute approximate surface area is 124 Å². The maximum atomic E-state index is 4.11. The van der Waals surface area contributed by atoms with Crippen molar-refractivity contribution < 1.29 is 0 Å². The molecule has 0 spiro atoms. The predicted octanol–water partition coefficient (Wildman–Crippen LogP) is 3.44. The highest BCUT2D eigenvalue weighted by Crippen LogP contribution is 2.39. The number of aromatic nitrogens is 3. The molecule has 0 aliphatic heterocycles. The van der Waals surface area contributed by atoms with E-state index < -0.39 is 0 Å². The molecule has 0 saturated heterocycles. The number of nitrogens with one attached hydrogen (secondary N) is 1. The van der Waals surface area contributed by atoms with E-state index >= 15 is 0 Å². The largest absolute Gasteiger partial charge is 0.311 e. The van der Waals surface area contributed by atoms with E-state index in [1.54, 1.807) is 0 Å². The highest BCUT2D eigenvalue weighted by molar-refractivity contribution is 9.10. The van der Waals surface area contributed by atoms with Crippen LogP contribution in [0.4, 0.5) is 0 Å². The Balaban J connectivity index is 2.04. The number of halogens is 1. The highest BCUT2D eigenvalue weighted by atomic mass is 79.9. The van der Waals surface area contributed by atoms with Gasteiger partial charge in [0.1, 0.15) is 0 Å². The minimum Gasteiger partial charge on any atom is -0.311 e. The maximum absolute atomic E-state index is 4.11. The summed E-state index contributed by atoms with van der Waals surface area (Å²) in [7, 11) is 4.02. The summed E-state index contributed by atoms with van der Waals surface area (Å²) < 4.78 is 2.77. The van der Waals surface area contributed by atoms with Gasteiger partial charge in [-0.2, -0.15) is 0 Å². The quantitative estimate of drug-likeness (QED) is 0.900. The van der Waals surface area contributed by atoms with Crippen LogP contribution in [0.2, 0.25) is 0 Å². The number of nitrogens with zero attached hydrogens (tertiary/aromatic N) is 3. The lowest BCUT2D eigenvalue weighted by atomic mass is 9.76. The van der Waals surface area contributed by atoms with E-state index in [0.29, 0.717) is 12.0 Å². The summed E-state index contributed by atoms with van der Waals surface area (Å²) in [6.45, 7) is 2.29. The van der Waals surface area contributed by atoms with Crippen LogP contribution < -0.4 is 5.32 Å². The molecular formula is C14H25BrN4. The first-order valence-electron chi connectivity index (χ1n) is 7.39. The third kappa shape index (κ3) is 3.37. The standard InChI is InChI=1S/C14H25BrN4/c1-4-5-10-6-8-11(9-7-10)12(16-2)13-14(15)17-18-19(13)3/h10-12,16H,4-9H2,1-3H3. The molecule has 5 heteroatoms. The van der Waals surface area contributed by atoms with Gasteiger partial charge in [0.2, 0.25) is 0 Å². The van der Waals surface area contributed by atoms with E-state index in [9.17, 15) is 0 Å². The van der Waals surface area contributed by atoms with Gasteiger partial charge in [-0.1, -0.05) is 37.8 Å². The van der Waals surface area contributed by atoms with Crippen LogP contribution in [0, 0.1) is 11.8 Å². The normalized spacial score (nSPS) is 25.5. The van der Waals surface area contributed by atoms with Crippen molar-refractivity contribution in [3.63, 3.8) is 0 Å². The van der Waals surface area contributed by atoms with Crippen LogP contribution in [-0.2, 0) is 7.05 Å². The van der Waals surface area contributed by atoms with Crippen molar-refractivity contribution in [1.82, 2.24) is 20.3 Å². The lowest BCUT2D eigenvalue weighted by Gasteiger charge is -2.33. The number of hydrogen-bond donors (Lipinski definition) is 1. The van der Waals surface area contributed by atoms with Gasteiger partial charge in [-0.15, -0.1) is 5.10 Å². The first-order chi connectivity index (χ1) is 9.17. The summed E-state index contributed by atoms with van der Waals surface area (Å²) in [4.78, 5) is 0. The first kappa shape index (κ1) is 15.0. The Morgan fingerprint density at radius 3 is 2.53 bits per heavy atom. The Morgan fingerprint density at radius 2 is 2.05 bits per heavy atom. The molecular weight excluding hydrogens is 304 g/mol. The smallest absolute Gasteiger partial charge is 0.153 e. The summed E-state index contributed by atoms with van der Waals surface area (Å²) in [5.74, 6) is 1.65. The van der Waals surface area contributed by atoms with Gasteiger partial charge in [0.15, 0.2) is 4.60 Å². The number of rotatable bonds is 5. The Hall–Kier alpha value is -0.420. The molecule has 0 radical (unpaired) electrons. The molecule has 1 unspecified atom stereocenters. The van der Waals surface area contributed by atoms with Crippen LogP contribution in [0.15, 0.2) is 4.60 Å². The topological polar surface area (TPSA) is 42.7 Å². The average molecular weight is 329 g/mol. The van der Waals surface area contributed by atoms with Crippen LogP contribution in [0.1, 0.15) is 57.2 Å². The van der Waals surface area contributed by atoms with Crippen molar-refractivity contribution >= 4 is 15.9 Å². The van der Waals surface area contributed by atoms with Gasteiger partial charge < -0.3 is 5.32 Å². The van der Waals surface area contributed by atoms with Gasteiger partial charge >= 0.3 is 0 Å². The van der Waals surface area contributed by atoms with Crippen molar-refractivity contribution in [3.8, 4) is 0 Å². The monoisotopic (exact) mass is 328 g/mol. The molecule has 1 saturated carbocycles. The molecule has 1 aromatic heterocycles. The van der Waals surface area contributed by atoms with Crippen molar-refractivity contribution in [2.75, 3.05) is 7.05 Å². The molecule has 4 nitrogen and oxygen atoms in total. The minimum absolute atomic E-state index is 0.358. The molecule has 0 aromatic carbocycles. The van der Waals surface area contributed by atoms with Crippen LogP contribution in [-0.4, -0.2) is 22.0 Å². The second-order valence-electron chi connectivity index (χ2n) is 5.72. The van der Waals surface area contributed by atoms with Gasteiger partial charge in [-0.3, -0.25) is 0 Å². The first-order valence-corrected chi connectivity index (χ1v) is 8.19. The van der Waals surface area contributed by atoms with E-state index in [2.05, 4.69) is 38.5 Å². The fourth-order valence-electron chi connectivity index (χ4n) is 3.48. The van der Waals surface area contributed by atoms with E-state index in [1.165, 1.54) is 44.2 Å². The molecule has 2 rings (SSSR count). The molecule has 1 N–H and O–H groups in total. The van der Waals surface area contributed by atoms with Crippen LogP contribution in [0.25, 0.3) is 0 Å². The van der Waals surface area contributed by atoms with Gasteiger partial charge in [-0.25, -0.2) is 4.68 Å². The fraction of sp³-hybridized carbons (Fsp3) is 0.857. The number of aryl methyl sites for hydroxylation is 1. The third-order valence-corrected chi connectivity index (χ3v) is 5.06. The molecule has 0 amide bonds. The van der Waals surface area contributed by atoms with Crippen molar-refractivity contribution in [2.24, 2.45) is 18.9 Å². The zero-order valence-electron chi connectivity index (χ0n) is 12.2. The summed E-state index contributed by atoms with van der Waals surface area (Å²) in [5, 5.41) is 11.7. The minimum atomic E-state index is 0.358. The van der Waals surface area contributed by atoms with E-state index in [0.717, 1.165) is 10.5 Å². The summed E-state index contributed by atoms with van der Waals surface area (Å²) in [5.41, 5.74) is 1.18. The molecule has 108 valence electrons.